The van der Waals surface area contributed by atoms with Gasteiger partial charge in [-0.1, -0.05) is 6.08 Å². The van der Waals surface area contributed by atoms with Crippen LogP contribution in [0.2, 0.25) is 0 Å². The highest BCUT2D eigenvalue weighted by Crippen LogP contribution is 2.42. The van der Waals surface area contributed by atoms with Crippen LogP contribution >= 0.6 is 0 Å². The summed E-state index contributed by atoms with van der Waals surface area (Å²) in [5, 5.41) is 0. The molecule has 0 saturated heterocycles. The van der Waals surface area contributed by atoms with E-state index in [1.54, 1.807) is 30.3 Å². The average molecular weight is 370 g/mol. The fourth-order valence-corrected chi connectivity index (χ4v) is 2.58. The van der Waals surface area contributed by atoms with Crippen LogP contribution in [0.15, 0.2) is 36.4 Å². The summed E-state index contributed by atoms with van der Waals surface area (Å²) in [4.78, 5) is 23.7. The lowest BCUT2D eigenvalue weighted by molar-refractivity contribution is -0.132. The van der Waals surface area contributed by atoms with Gasteiger partial charge in [-0.2, -0.15) is 0 Å². The summed E-state index contributed by atoms with van der Waals surface area (Å²) >= 11 is 0. The Morgan fingerprint density at radius 1 is 1.00 bits per heavy atom. The zero-order chi connectivity index (χ0) is 19.4. The zero-order valence-corrected chi connectivity index (χ0v) is 15.1. The number of hydrogen-bond donors (Lipinski definition) is 0. The lowest BCUT2D eigenvalue weighted by Crippen LogP contribution is -2.04. The summed E-state index contributed by atoms with van der Waals surface area (Å²) in [5.74, 6) is 1.42. The van der Waals surface area contributed by atoms with Crippen LogP contribution in [0, 0.1) is 0 Å². The van der Waals surface area contributed by atoms with E-state index in [0.717, 1.165) is 5.56 Å². The van der Waals surface area contributed by atoms with E-state index in [4.69, 9.17) is 23.7 Å². The van der Waals surface area contributed by atoms with Gasteiger partial charge in [-0.3, -0.25) is 9.59 Å². The molecule has 2 aromatic rings. The average Bonchev–Trinajstić information content (AvgIpc) is 3.13. The number of allylic oxidation sites excluding steroid dienone is 1. The molecule has 7 nitrogen and oxygen atoms in total. The third-order valence-corrected chi connectivity index (χ3v) is 3.81. The van der Waals surface area contributed by atoms with Gasteiger partial charge in [0.25, 0.3) is 0 Å². The number of benzene rings is 2. The van der Waals surface area contributed by atoms with Crippen molar-refractivity contribution in [2.45, 2.75) is 6.92 Å². The molecule has 0 saturated carbocycles. The Bertz CT molecular complexity index is 915. The van der Waals surface area contributed by atoms with E-state index in [2.05, 4.69) is 0 Å². The maximum Gasteiger partial charge on any atom is 0.308 e. The van der Waals surface area contributed by atoms with E-state index in [1.807, 2.05) is 0 Å². The Labute approximate surface area is 156 Å². The van der Waals surface area contributed by atoms with Gasteiger partial charge in [-0.25, -0.2) is 0 Å². The molecule has 0 N–H and O–H groups in total. The first kappa shape index (κ1) is 18.3. The largest absolute Gasteiger partial charge is 0.493 e. The second-order valence-electron chi connectivity index (χ2n) is 5.61. The molecule has 0 aromatic heterocycles. The lowest BCUT2D eigenvalue weighted by Gasteiger charge is -2.09. The molecule has 0 radical (unpaired) electrons. The molecule has 2 aromatic carbocycles. The third kappa shape index (κ3) is 4.03. The number of ketones is 1. The molecule has 0 unspecified atom stereocenters. The quantitative estimate of drug-likeness (QED) is 0.334. The molecule has 1 aliphatic heterocycles. The maximum atomic E-state index is 12.5. The van der Waals surface area contributed by atoms with E-state index in [9.17, 15) is 9.59 Å². The van der Waals surface area contributed by atoms with Gasteiger partial charge in [0.05, 0.1) is 14.2 Å². The van der Waals surface area contributed by atoms with Gasteiger partial charge >= 0.3 is 5.97 Å². The predicted octanol–water partition coefficient (Wildman–Crippen LogP) is 3.25. The van der Waals surface area contributed by atoms with Crippen LogP contribution < -0.4 is 23.7 Å². The standard InChI is InChI=1S/C20H18O7/c1-12(21)27-17-10-14(5-7-16(17)23-2)15(22)6-4-13-8-18(24-3)20-19(9-13)25-11-26-20/h4-10H,11H2,1-3H3. The van der Waals surface area contributed by atoms with Crippen LogP contribution in [-0.4, -0.2) is 32.8 Å². The summed E-state index contributed by atoms with van der Waals surface area (Å²) in [6, 6.07) is 8.14. The molecular formula is C20H18O7. The molecule has 0 spiro atoms. The summed E-state index contributed by atoms with van der Waals surface area (Å²) < 4.78 is 26.2. The first-order valence-electron chi connectivity index (χ1n) is 8.08. The number of methoxy groups -OCH3 is 2. The number of esters is 1. The van der Waals surface area contributed by atoms with Gasteiger partial charge in [0.15, 0.2) is 28.8 Å². The number of fused-ring (bicyclic) bond motifs is 1. The minimum Gasteiger partial charge on any atom is -0.493 e. The summed E-state index contributed by atoms with van der Waals surface area (Å²) in [6.45, 7) is 1.41. The molecule has 27 heavy (non-hydrogen) atoms. The van der Waals surface area contributed by atoms with Crippen LogP contribution in [0.4, 0.5) is 0 Å². The predicted molar refractivity (Wildman–Crippen MR) is 96.8 cm³/mol. The van der Waals surface area contributed by atoms with Crippen LogP contribution in [0.3, 0.4) is 0 Å². The fourth-order valence-electron chi connectivity index (χ4n) is 2.58. The van der Waals surface area contributed by atoms with Crippen molar-refractivity contribution < 1.29 is 33.3 Å². The van der Waals surface area contributed by atoms with Crippen molar-refractivity contribution in [3.8, 4) is 28.7 Å². The Kier molecular flexibility index (Phi) is 5.30. The second kappa shape index (κ2) is 7.82. The molecule has 7 heteroatoms. The van der Waals surface area contributed by atoms with Crippen molar-refractivity contribution in [2.24, 2.45) is 0 Å². The third-order valence-electron chi connectivity index (χ3n) is 3.81. The number of carbonyl (C=O) groups excluding carboxylic acids is 2. The Hall–Kier alpha value is -3.48. The SMILES string of the molecule is COc1ccc(C(=O)C=Cc2cc(OC)c3c(c2)OCO3)cc1OC(C)=O. The molecular weight excluding hydrogens is 352 g/mol. The van der Waals surface area contributed by atoms with Crippen LogP contribution in [0.5, 0.6) is 28.7 Å². The summed E-state index contributed by atoms with van der Waals surface area (Å²) in [7, 11) is 2.99. The van der Waals surface area contributed by atoms with E-state index in [1.165, 1.54) is 33.3 Å². The molecule has 0 aliphatic carbocycles. The van der Waals surface area contributed by atoms with Crippen molar-refractivity contribution in [1.82, 2.24) is 0 Å². The van der Waals surface area contributed by atoms with Gasteiger partial charge in [0.2, 0.25) is 12.5 Å². The highest BCUT2D eigenvalue weighted by atomic mass is 16.7. The Balaban J connectivity index is 1.84. The minimum absolute atomic E-state index is 0.128. The molecule has 0 amide bonds. The molecule has 1 aliphatic rings. The van der Waals surface area contributed by atoms with E-state index < -0.39 is 5.97 Å². The van der Waals surface area contributed by atoms with E-state index >= 15 is 0 Å². The van der Waals surface area contributed by atoms with Gasteiger partial charge in [0, 0.05) is 12.5 Å². The summed E-state index contributed by atoms with van der Waals surface area (Å²) in [5.41, 5.74) is 1.08. The lowest BCUT2D eigenvalue weighted by atomic mass is 10.1. The molecule has 0 bridgehead atoms. The van der Waals surface area contributed by atoms with E-state index in [0.29, 0.717) is 28.6 Å². The highest BCUT2D eigenvalue weighted by Gasteiger charge is 2.19. The van der Waals surface area contributed by atoms with E-state index in [-0.39, 0.29) is 18.3 Å². The first-order chi connectivity index (χ1) is 13.0. The van der Waals surface area contributed by atoms with Crippen molar-refractivity contribution in [3.05, 3.63) is 47.5 Å². The monoisotopic (exact) mass is 370 g/mol. The highest BCUT2D eigenvalue weighted by molar-refractivity contribution is 6.07. The normalized spacial score (nSPS) is 12.1. The molecule has 1 heterocycles. The second-order valence-corrected chi connectivity index (χ2v) is 5.61. The van der Waals surface area contributed by atoms with Crippen LogP contribution in [0.1, 0.15) is 22.8 Å². The fraction of sp³-hybridized carbons (Fsp3) is 0.200. The van der Waals surface area contributed by atoms with Gasteiger partial charge in [-0.05, 0) is 42.0 Å². The Morgan fingerprint density at radius 2 is 1.78 bits per heavy atom. The molecule has 0 fully saturated rings. The summed E-state index contributed by atoms with van der Waals surface area (Å²) in [6.07, 6.45) is 3.05. The zero-order valence-electron chi connectivity index (χ0n) is 15.1. The number of ether oxygens (including phenoxy) is 5. The number of rotatable bonds is 6. The van der Waals surface area contributed by atoms with Crippen molar-refractivity contribution in [1.29, 1.82) is 0 Å². The van der Waals surface area contributed by atoms with Crippen molar-refractivity contribution in [3.63, 3.8) is 0 Å². The number of carbonyl (C=O) groups is 2. The maximum absolute atomic E-state index is 12.5. The van der Waals surface area contributed by atoms with Gasteiger partial charge < -0.3 is 23.7 Å². The van der Waals surface area contributed by atoms with Crippen molar-refractivity contribution >= 4 is 17.8 Å². The minimum atomic E-state index is -0.499. The van der Waals surface area contributed by atoms with Crippen LogP contribution in [-0.2, 0) is 4.79 Å². The Morgan fingerprint density at radius 3 is 2.48 bits per heavy atom. The smallest absolute Gasteiger partial charge is 0.308 e. The topological polar surface area (TPSA) is 80.3 Å². The number of hydrogen-bond acceptors (Lipinski definition) is 7. The molecule has 140 valence electrons. The van der Waals surface area contributed by atoms with Crippen molar-refractivity contribution in [2.75, 3.05) is 21.0 Å². The molecule has 3 rings (SSSR count). The van der Waals surface area contributed by atoms with Gasteiger partial charge in [0.1, 0.15) is 0 Å². The van der Waals surface area contributed by atoms with Gasteiger partial charge in [-0.15, -0.1) is 0 Å². The first-order valence-corrected chi connectivity index (χ1v) is 8.08. The molecule has 0 atom stereocenters. The van der Waals surface area contributed by atoms with Crippen LogP contribution in [0.25, 0.3) is 6.08 Å².